The number of hydrogen-bond acceptors (Lipinski definition) is 3. The number of nitrogens with two attached hydrogens (primary N) is 1. The summed E-state index contributed by atoms with van der Waals surface area (Å²) < 4.78 is 0. The van der Waals surface area contributed by atoms with Crippen molar-refractivity contribution in [3.05, 3.63) is 47.4 Å². The maximum absolute atomic E-state index is 5.62. The predicted octanol–water partition coefficient (Wildman–Crippen LogP) is 2.22. The second-order valence-electron chi connectivity index (χ2n) is 3.85. The Morgan fingerprint density at radius 2 is 1.94 bits per heavy atom. The molecule has 0 aliphatic carbocycles. The van der Waals surface area contributed by atoms with E-state index in [0.29, 0.717) is 6.54 Å². The zero-order valence-corrected chi connectivity index (χ0v) is 9.57. The van der Waals surface area contributed by atoms with Crippen LogP contribution < -0.4 is 5.73 Å². The Hall–Kier alpha value is -1.74. The first-order valence-electron chi connectivity index (χ1n) is 5.30. The van der Waals surface area contributed by atoms with Crippen LogP contribution >= 0.6 is 0 Å². The van der Waals surface area contributed by atoms with Crippen molar-refractivity contribution in [2.24, 2.45) is 5.73 Å². The van der Waals surface area contributed by atoms with E-state index in [-0.39, 0.29) is 0 Å². The van der Waals surface area contributed by atoms with Crippen LogP contribution in [0, 0.1) is 13.8 Å². The van der Waals surface area contributed by atoms with Crippen molar-refractivity contribution in [1.82, 2.24) is 9.97 Å². The van der Waals surface area contributed by atoms with E-state index in [0.717, 1.165) is 28.3 Å². The van der Waals surface area contributed by atoms with Gasteiger partial charge in [-0.15, -0.1) is 0 Å². The average Bonchev–Trinajstić information content (AvgIpc) is 2.28. The number of aromatic nitrogens is 2. The summed E-state index contributed by atoms with van der Waals surface area (Å²) in [4.78, 5) is 8.69. The van der Waals surface area contributed by atoms with Gasteiger partial charge in [0, 0.05) is 17.8 Å². The van der Waals surface area contributed by atoms with Gasteiger partial charge in [0.15, 0.2) is 0 Å². The monoisotopic (exact) mass is 213 g/mol. The van der Waals surface area contributed by atoms with Crippen LogP contribution in [-0.2, 0) is 6.54 Å². The van der Waals surface area contributed by atoms with Crippen molar-refractivity contribution in [1.29, 1.82) is 0 Å². The molecule has 0 aliphatic heterocycles. The molecule has 0 atom stereocenters. The van der Waals surface area contributed by atoms with Crippen LogP contribution in [0.2, 0.25) is 0 Å². The summed E-state index contributed by atoms with van der Waals surface area (Å²) in [5.74, 6) is 0.799. The van der Waals surface area contributed by atoms with Crippen molar-refractivity contribution >= 4 is 0 Å². The van der Waals surface area contributed by atoms with Gasteiger partial charge in [-0.3, -0.25) is 0 Å². The lowest BCUT2D eigenvalue weighted by molar-refractivity contribution is 1.01. The molecule has 3 nitrogen and oxygen atoms in total. The highest BCUT2D eigenvalue weighted by Crippen LogP contribution is 2.18. The van der Waals surface area contributed by atoms with Crippen LogP contribution in [0.25, 0.3) is 11.3 Å². The van der Waals surface area contributed by atoms with Crippen LogP contribution in [-0.4, -0.2) is 9.97 Å². The van der Waals surface area contributed by atoms with Crippen LogP contribution in [0.3, 0.4) is 0 Å². The SMILES string of the molecule is Cc1cc(-c2cccc(CN)c2)nc(C)n1. The number of rotatable bonds is 2. The topological polar surface area (TPSA) is 51.8 Å². The molecular weight excluding hydrogens is 198 g/mol. The fraction of sp³-hybridized carbons (Fsp3) is 0.231. The molecule has 16 heavy (non-hydrogen) atoms. The Morgan fingerprint density at radius 3 is 2.62 bits per heavy atom. The van der Waals surface area contributed by atoms with Crippen molar-refractivity contribution in [3.8, 4) is 11.3 Å². The van der Waals surface area contributed by atoms with E-state index in [1.165, 1.54) is 0 Å². The molecular formula is C13H15N3. The first kappa shape index (κ1) is 10.8. The van der Waals surface area contributed by atoms with Gasteiger partial charge in [0.1, 0.15) is 5.82 Å². The Morgan fingerprint density at radius 1 is 1.12 bits per heavy atom. The van der Waals surface area contributed by atoms with E-state index in [1.807, 2.05) is 38.1 Å². The van der Waals surface area contributed by atoms with Gasteiger partial charge in [-0.1, -0.05) is 18.2 Å². The first-order chi connectivity index (χ1) is 7.69. The third kappa shape index (κ3) is 2.25. The van der Waals surface area contributed by atoms with Gasteiger partial charge in [-0.2, -0.15) is 0 Å². The molecule has 0 fully saturated rings. The van der Waals surface area contributed by atoms with Gasteiger partial charge in [0.25, 0.3) is 0 Å². The van der Waals surface area contributed by atoms with Crippen molar-refractivity contribution in [2.45, 2.75) is 20.4 Å². The summed E-state index contributed by atoms with van der Waals surface area (Å²) in [6.45, 7) is 4.44. The normalized spacial score (nSPS) is 10.4. The summed E-state index contributed by atoms with van der Waals surface area (Å²) in [6.07, 6.45) is 0. The number of hydrogen-bond donors (Lipinski definition) is 1. The van der Waals surface area contributed by atoms with Gasteiger partial charge in [-0.05, 0) is 31.5 Å². The van der Waals surface area contributed by atoms with Gasteiger partial charge in [-0.25, -0.2) is 9.97 Å². The minimum Gasteiger partial charge on any atom is -0.326 e. The molecule has 2 N–H and O–H groups in total. The Bertz CT molecular complexity index is 486. The Balaban J connectivity index is 2.49. The third-order valence-corrected chi connectivity index (χ3v) is 2.42. The summed E-state index contributed by atoms with van der Waals surface area (Å²) in [5, 5.41) is 0. The largest absolute Gasteiger partial charge is 0.326 e. The highest BCUT2D eigenvalue weighted by molar-refractivity contribution is 5.60. The molecule has 0 bridgehead atoms. The zero-order valence-electron chi connectivity index (χ0n) is 9.57. The molecule has 0 amide bonds. The van der Waals surface area contributed by atoms with Crippen molar-refractivity contribution < 1.29 is 0 Å². The fourth-order valence-electron chi connectivity index (χ4n) is 1.72. The van der Waals surface area contributed by atoms with Gasteiger partial charge >= 0.3 is 0 Å². The molecule has 2 rings (SSSR count). The highest BCUT2D eigenvalue weighted by Gasteiger charge is 2.02. The zero-order chi connectivity index (χ0) is 11.5. The summed E-state index contributed by atoms with van der Waals surface area (Å²) in [5.41, 5.74) is 9.78. The average molecular weight is 213 g/mol. The second-order valence-corrected chi connectivity index (χ2v) is 3.85. The van der Waals surface area contributed by atoms with E-state index in [1.54, 1.807) is 0 Å². The number of aryl methyl sites for hydroxylation is 2. The number of benzene rings is 1. The first-order valence-corrected chi connectivity index (χ1v) is 5.30. The molecule has 1 aromatic heterocycles. The molecule has 0 unspecified atom stereocenters. The second kappa shape index (κ2) is 4.41. The van der Waals surface area contributed by atoms with E-state index in [4.69, 9.17) is 5.73 Å². The molecule has 1 aromatic carbocycles. The quantitative estimate of drug-likeness (QED) is 0.832. The predicted molar refractivity (Wildman–Crippen MR) is 64.8 cm³/mol. The highest BCUT2D eigenvalue weighted by atomic mass is 14.9. The molecule has 0 saturated carbocycles. The maximum Gasteiger partial charge on any atom is 0.126 e. The lowest BCUT2D eigenvalue weighted by atomic mass is 10.1. The van der Waals surface area contributed by atoms with Crippen molar-refractivity contribution in [3.63, 3.8) is 0 Å². The molecule has 82 valence electrons. The van der Waals surface area contributed by atoms with E-state index < -0.39 is 0 Å². The summed E-state index contributed by atoms with van der Waals surface area (Å²) in [7, 11) is 0. The summed E-state index contributed by atoms with van der Waals surface area (Å²) >= 11 is 0. The minimum absolute atomic E-state index is 0.552. The Kier molecular flexibility index (Phi) is 2.97. The van der Waals surface area contributed by atoms with Gasteiger partial charge < -0.3 is 5.73 Å². The van der Waals surface area contributed by atoms with Gasteiger partial charge in [0.05, 0.1) is 5.69 Å². The molecule has 0 saturated heterocycles. The lowest BCUT2D eigenvalue weighted by Crippen LogP contribution is -1.97. The smallest absolute Gasteiger partial charge is 0.126 e. The molecule has 0 spiro atoms. The van der Waals surface area contributed by atoms with Crippen LogP contribution in [0.1, 0.15) is 17.1 Å². The number of nitrogens with zero attached hydrogens (tertiary/aromatic N) is 2. The van der Waals surface area contributed by atoms with E-state index in [2.05, 4.69) is 16.0 Å². The molecule has 2 aromatic rings. The maximum atomic E-state index is 5.62. The lowest BCUT2D eigenvalue weighted by Gasteiger charge is -2.05. The minimum atomic E-state index is 0.552. The fourth-order valence-corrected chi connectivity index (χ4v) is 1.72. The van der Waals surface area contributed by atoms with E-state index in [9.17, 15) is 0 Å². The van der Waals surface area contributed by atoms with Gasteiger partial charge in [0.2, 0.25) is 0 Å². The molecule has 1 heterocycles. The van der Waals surface area contributed by atoms with E-state index >= 15 is 0 Å². The Labute approximate surface area is 95.4 Å². The standard InChI is InChI=1S/C13H15N3/c1-9-6-13(16-10(2)15-9)12-5-3-4-11(7-12)8-14/h3-7H,8,14H2,1-2H3. The third-order valence-electron chi connectivity index (χ3n) is 2.42. The van der Waals surface area contributed by atoms with Crippen LogP contribution in [0.4, 0.5) is 0 Å². The molecule has 0 radical (unpaired) electrons. The van der Waals surface area contributed by atoms with Crippen LogP contribution in [0.5, 0.6) is 0 Å². The molecule has 0 aliphatic rings. The summed E-state index contributed by atoms with van der Waals surface area (Å²) in [6, 6.07) is 10.1. The van der Waals surface area contributed by atoms with Crippen molar-refractivity contribution in [2.75, 3.05) is 0 Å². The molecule has 3 heteroatoms. The van der Waals surface area contributed by atoms with Crippen LogP contribution in [0.15, 0.2) is 30.3 Å².